The van der Waals surface area contributed by atoms with Crippen molar-refractivity contribution in [3.63, 3.8) is 0 Å². The van der Waals surface area contributed by atoms with E-state index in [1.807, 2.05) is 0 Å². The van der Waals surface area contributed by atoms with Gasteiger partial charge in [0.1, 0.15) is 17.0 Å². The van der Waals surface area contributed by atoms with Crippen molar-refractivity contribution in [2.75, 3.05) is 0 Å². The number of aldehydes is 1. The van der Waals surface area contributed by atoms with Gasteiger partial charge < -0.3 is 19.4 Å². The third kappa shape index (κ3) is 5.18. The second-order valence-electron chi connectivity index (χ2n) is 8.56. The molecule has 7 nitrogen and oxygen atoms in total. The smallest absolute Gasteiger partial charge is 0.414 e. The minimum absolute atomic E-state index is 0.275. The molecule has 27 heavy (non-hydrogen) atoms. The van der Waals surface area contributed by atoms with Crippen LogP contribution in [0.2, 0.25) is 5.15 Å². The fraction of sp³-hybridized carbons (Fsp3) is 0.632. The zero-order valence-corrected chi connectivity index (χ0v) is 17.3. The molecule has 8 heteroatoms. The van der Waals surface area contributed by atoms with Crippen LogP contribution in [0.25, 0.3) is 0 Å². The van der Waals surface area contributed by atoms with Crippen molar-refractivity contribution >= 4 is 24.0 Å². The van der Waals surface area contributed by atoms with Crippen molar-refractivity contribution in [1.29, 1.82) is 0 Å². The van der Waals surface area contributed by atoms with E-state index >= 15 is 0 Å². The fourth-order valence-electron chi connectivity index (χ4n) is 3.05. The standard InChI is InChI=1S/C19H27ClN2O5/c1-18(2,3)26-16(24)22(17(25)27-19(4,5)6)14-11(10-23)9-13-12(14)7-8-21-15(13)20/h7-8,10-11,14,16,24H,9H2,1-6H3/t11-,14-,16?/m0/s1. The summed E-state index contributed by atoms with van der Waals surface area (Å²) in [7, 11) is 0. The van der Waals surface area contributed by atoms with Crippen LogP contribution in [0.4, 0.5) is 4.79 Å². The van der Waals surface area contributed by atoms with Gasteiger partial charge in [-0.3, -0.25) is 4.90 Å². The number of hydrogen-bond donors (Lipinski definition) is 1. The van der Waals surface area contributed by atoms with Crippen LogP contribution in [0.15, 0.2) is 12.3 Å². The van der Waals surface area contributed by atoms with Gasteiger partial charge in [0.2, 0.25) is 6.41 Å². The zero-order chi connectivity index (χ0) is 20.6. The maximum atomic E-state index is 12.9. The van der Waals surface area contributed by atoms with E-state index in [0.717, 1.165) is 11.2 Å². The van der Waals surface area contributed by atoms with E-state index < -0.39 is 35.7 Å². The molecule has 1 aromatic heterocycles. The first-order chi connectivity index (χ1) is 12.3. The Bertz CT molecular complexity index is 711. The summed E-state index contributed by atoms with van der Waals surface area (Å²) in [6, 6.07) is 0.918. The van der Waals surface area contributed by atoms with Crippen LogP contribution in [-0.4, -0.2) is 45.0 Å². The Morgan fingerprint density at radius 2 is 1.96 bits per heavy atom. The number of carbonyl (C=O) groups excluding carboxylic acids is 2. The molecular weight excluding hydrogens is 372 g/mol. The lowest BCUT2D eigenvalue weighted by molar-refractivity contribution is -0.241. The molecule has 0 bridgehead atoms. The SMILES string of the molecule is CC(C)(C)OC(=O)N(C(O)OC(C)(C)C)[C@@H]1c2ccnc(Cl)c2C[C@H]1C=O. The first kappa shape index (κ1) is 21.6. The predicted octanol–water partition coefficient (Wildman–Crippen LogP) is 3.48. The third-order valence-corrected chi connectivity index (χ3v) is 4.30. The number of aliphatic hydroxyl groups is 1. The molecule has 0 fully saturated rings. The van der Waals surface area contributed by atoms with Crippen LogP contribution in [0.1, 0.15) is 58.7 Å². The molecule has 2 rings (SSSR count). The number of rotatable bonds is 4. The molecular formula is C19H27ClN2O5. The first-order valence-corrected chi connectivity index (χ1v) is 9.17. The summed E-state index contributed by atoms with van der Waals surface area (Å²) in [5.41, 5.74) is -0.189. The molecule has 1 aliphatic carbocycles. The zero-order valence-electron chi connectivity index (χ0n) is 16.5. The van der Waals surface area contributed by atoms with Gasteiger partial charge in [-0.15, -0.1) is 0 Å². The summed E-state index contributed by atoms with van der Waals surface area (Å²) < 4.78 is 11.1. The van der Waals surface area contributed by atoms with E-state index in [0.29, 0.717) is 17.5 Å². The predicted molar refractivity (Wildman–Crippen MR) is 100 cm³/mol. The lowest BCUT2D eigenvalue weighted by Gasteiger charge is -2.38. The summed E-state index contributed by atoms with van der Waals surface area (Å²) in [5.74, 6) is -0.604. The number of nitrogens with zero attached hydrogens (tertiary/aromatic N) is 2. The van der Waals surface area contributed by atoms with E-state index in [9.17, 15) is 14.7 Å². The summed E-state index contributed by atoms with van der Waals surface area (Å²) in [4.78, 5) is 29.8. The molecule has 0 saturated heterocycles. The van der Waals surface area contributed by atoms with Crippen molar-refractivity contribution in [1.82, 2.24) is 9.88 Å². The quantitative estimate of drug-likeness (QED) is 0.474. The molecule has 1 heterocycles. The van der Waals surface area contributed by atoms with Crippen molar-refractivity contribution < 1.29 is 24.2 Å². The van der Waals surface area contributed by atoms with E-state index in [4.69, 9.17) is 21.1 Å². The van der Waals surface area contributed by atoms with Crippen LogP contribution in [0.3, 0.4) is 0 Å². The van der Waals surface area contributed by atoms with Crippen LogP contribution >= 0.6 is 11.6 Å². The maximum absolute atomic E-state index is 12.9. The Kier molecular flexibility index (Phi) is 6.19. The normalized spacial score (nSPS) is 20.7. The van der Waals surface area contributed by atoms with E-state index in [2.05, 4.69) is 4.98 Å². The second kappa shape index (κ2) is 7.73. The van der Waals surface area contributed by atoms with Gasteiger partial charge in [0.15, 0.2) is 0 Å². The number of amides is 1. The van der Waals surface area contributed by atoms with Gasteiger partial charge in [-0.2, -0.15) is 0 Å². The van der Waals surface area contributed by atoms with Gasteiger partial charge in [-0.1, -0.05) is 11.6 Å². The topological polar surface area (TPSA) is 89.0 Å². The molecule has 1 N–H and O–H groups in total. The molecule has 0 aliphatic heterocycles. The molecule has 0 radical (unpaired) electrons. The molecule has 1 unspecified atom stereocenters. The summed E-state index contributed by atoms with van der Waals surface area (Å²) >= 11 is 6.18. The minimum Gasteiger partial charge on any atom is -0.444 e. The number of pyridine rings is 1. The fourth-order valence-corrected chi connectivity index (χ4v) is 3.29. The number of halogens is 1. The Morgan fingerprint density at radius 3 is 2.48 bits per heavy atom. The van der Waals surface area contributed by atoms with Crippen LogP contribution < -0.4 is 0 Å². The van der Waals surface area contributed by atoms with Crippen molar-refractivity contribution in [2.24, 2.45) is 5.92 Å². The number of aliphatic hydroxyl groups excluding tert-OH is 1. The van der Waals surface area contributed by atoms with Gasteiger partial charge in [0.05, 0.1) is 11.6 Å². The monoisotopic (exact) mass is 398 g/mol. The molecule has 0 aromatic carbocycles. The van der Waals surface area contributed by atoms with Crippen LogP contribution in [-0.2, 0) is 20.7 Å². The highest BCUT2D eigenvalue weighted by Crippen LogP contribution is 2.43. The first-order valence-electron chi connectivity index (χ1n) is 8.80. The number of ether oxygens (including phenoxy) is 2. The number of hydrogen-bond acceptors (Lipinski definition) is 6. The largest absolute Gasteiger partial charge is 0.444 e. The Balaban J connectivity index is 2.50. The number of aromatic nitrogens is 1. The molecule has 0 spiro atoms. The van der Waals surface area contributed by atoms with Crippen molar-refractivity contribution in [2.45, 2.75) is 71.6 Å². The summed E-state index contributed by atoms with van der Waals surface area (Å²) in [6.07, 6.45) is 0.188. The molecule has 1 aromatic rings. The van der Waals surface area contributed by atoms with Crippen molar-refractivity contribution in [3.8, 4) is 0 Å². The molecule has 1 aliphatic rings. The van der Waals surface area contributed by atoms with Gasteiger partial charge >= 0.3 is 6.09 Å². The van der Waals surface area contributed by atoms with Crippen LogP contribution in [0.5, 0.6) is 0 Å². The highest BCUT2D eigenvalue weighted by atomic mass is 35.5. The highest BCUT2D eigenvalue weighted by Gasteiger charge is 2.45. The Morgan fingerprint density at radius 1 is 1.33 bits per heavy atom. The summed E-state index contributed by atoms with van der Waals surface area (Å²) in [5, 5.41) is 11.0. The van der Waals surface area contributed by atoms with E-state index in [1.165, 1.54) is 6.20 Å². The second-order valence-corrected chi connectivity index (χ2v) is 8.92. The Hall–Kier alpha value is -1.70. The van der Waals surface area contributed by atoms with Gasteiger partial charge in [-0.05, 0) is 65.2 Å². The average Bonchev–Trinajstić information content (AvgIpc) is 2.84. The van der Waals surface area contributed by atoms with Crippen molar-refractivity contribution in [3.05, 3.63) is 28.5 Å². The lowest BCUT2D eigenvalue weighted by Crippen LogP contribution is -2.50. The minimum atomic E-state index is -1.61. The van der Waals surface area contributed by atoms with E-state index in [-0.39, 0.29) is 5.15 Å². The van der Waals surface area contributed by atoms with Gasteiger partial charge in [-0.25, -0.2) is 9.78 Å². The number of fused-ring (bicyclic) bond motifs is 1. The average molecular weight is 399 g/mol. The molecule has 3 atom stereocenters. The molecule has 1 amide bonds. The number of carbonyl (C=O) groups is 2. The summed E-state index contributed by atoms with van der Waals surface area (Å²) in [6.45, 7) is 10.4. The van der Waals surface area contributed by atoms with Gasteiger partial charge in [0, 0.05) is 12.1 Å². The van der Waals surface area contributed by atoms with E-state index in [1.54, 1.807) is 47.6 Å². The lowest BCUT2D eigenvalue weighted by atomic mass is 10.0. The third-order valence-electron chi connectivity index (χ3n) is 3.98. The van der Waals surface area contributed by atoms with Crippen LogP contribution in [0, 0.1) is 5.92 Å². The maximum Gasteiger partial charge on any atom is 0.414 e. The molecule has 150 valence electrons. The highest BCUT2D eigenvalue weighted by molar-refractivity contribution is 6.30. The molecule has 0 saturated carbocycles. The Labute approximate surface area is 164 Å². The van der Waals surface area contributed by atoms with Gasteiger partial charge in [0.25, 0.3) is 0 Å².